The number of aromatic nitrogens is 2. The molecule has 2 aromatic carbocycles. The highest BCUT2D eigenvalue weighted by atomic mass is 35.5. The monoisotopic (exact) mass is 534 g/mol. The van der Waals surface area contributed by atoms with Crippen LogP contribution in [-0.4, -0.2) is 37.7 Å². The highest BCUT2D eigenvalue weighted by Crippen LogP contribution is 2.37. The lowest BCUT2D eigenvalue weighted by atomic mass is 9.91. The maximum absolute atomic E-state index is 13.5. The van der Waals surface area contributed by atoms with E-state index in [0.717, 1.165) is 11.1 Å². The Morgan fingerprint density at radius 3 is 2.32 bits per heavy atom. The minimum absolute atomic E-state index is 0.224. The Labute approximate surface area is 221 Å². The summed E-state index contributed by atoms with van der Waals surface area (Å²) < 4.78 is 0. The summed E-state index contributed by atoms with van der Waals surface area (Å²) in [6.07, 6.45) is 1.29. The molecule has 0 saturated carbocycles. The molecule has 0 spiro atoms. The number of benzene rings is 2. The molecule has 1 unspecified atom stereocenters. The van der Waals surface area contributed by atoms with Crippen molar-refractivity contribution in [1.29, 1.82) is 0 Å². The van der Waals surface area contributed by atoms with E-state index < -0.39 is 23.5 Å². The summed E-state index contributed by atoms with van der Waals surface area (Å²) in [7, 11) is 0. The molecule has 10 heteroatoms. The molecule has 1 aliphatic heterocycles. The van der Waals surface area contributed by atoms with E-state index in [9.17, 15) is 14.4 Å². The van der Waals surface area contributed by atoms with Gasteiger partial charge >= 0.3 is 5.97 Å². The first-order valence-corrected chi connectivity index (χ1v) is 12.2. The summed E-state index contributed by atoms with van der Waals surface area (Å²) in [5, 5.41) is 16.8. The van der Waals surface area contributed by atoms with Gasteiger partial charge in [-0.15, -0.1) is 0 Å². The summed E-state index contributed by atoms with van der Waals surface area (Å²) in [6.45, 7) is 0. The Morgan fingerprint density at radius 2 is 1.65 bits per heavy atom. The zero-order valence-corrected chi connectivity index (χ0v) is 20.8. The van der Waals surface area contributed by atoms with Crippen molar-refractivity contribution in [3.05, 3.63) is 98.4 Å². The largest absolute Gasteiger partial charge is 0.481 e. The maximum Gasteiger partial charge on any atom is 0.303 e. The van der Waals surface area contributed by atoms with Gasteiger partial charge in [0.1, 0.15) is 5.65 Å². The van der Waals surface area contributed by atoms with E-state index in [0.29, 0.717) is 37.9 Å². The molecule has 2 aromatic heterocycles. The van der Waals surface area contributed by atoms with Gasteiger partial charge in [-0.05, 0) is 47.5 Å². The minimum atomic E-state index is -1.08. The Kier molecular flexibility index (Phi) is 6.78. The van der Waals surface area contributed by atoms with Gasteiger partial charge in [-0.3, -0.25) is 14.4 Å². The molecule has 186 valence electrons. The van der Waals surface area contributed by atoms with Crippen molar-refractivity contribution in [2.24, 2.45) is 5.10 Å². The topological polar surface area (TPSA) is 116 Å². The van der Waals surface area contributed by atoms with Crippen LogP contribution in [0.2, 0.25) is 10.0 Å². The van der Waals surface area contributed by atoms with Crippen molar-refractivity contribution >= 4 is 51.8 Å². The zero-order valence-electron chi connectivity index (χ0n) is 19.3. The van der Waals surface area contributed by atoms with Crippen LogP contribution in [0.1, 0.15) is 36.4 Å². The number of pyridine rings is 2. The van der Waals surface area contributed by atoms with E-state index in [1.54, 1.807) is 48.7 Å². The molecular weight excluding hydrogens is 515 g/mol. The number of carbonyl (C=O) groups is 2. The van der Waals surface area contributed by atoms with Crippen LogP contribution in [0.15, 0.2) is 76.8 Å². The summed E-state index contributed by atoms with van der Waals surface area (Å²) in [6, 6.07) is 17.2. The van der Waals surface area contributed by atoms with Crippen LogP contribution in [0, 0.1) is 0 Å². The average Bonchev–Trinajstić information content (AvgIpc) is 3.32. The van der Waals surface area contributed by atoms with Gasteiger partial charge in [-0.25, -0.2) is 9.99 Å². The number of hydrogen-bond acceptors (Lipinski definition) is 5. The lowest BCUT2D eigenvalue weighted by Crippen LogP contribution is -2.27. The van der Waals surface area contributed by atoms with Gasteiger partial charge in [0, 0.05) is 40.0 Å². The zero-order chi connectivity index (χ0) is 26.1. The first kappa shape index (κ1) is 24.7. The second kappa shape index (κ2) is 10.2. The number of carboxylic acids is 1. The fraction of sp³-hybridized carbons (Fsp3) is 0.148. The van der Waals surface area contributed by atoms with Crippen molar-refractivity contribution in [3.63, 3.8) is 0 Å². The molecule has 2 N–H and O–H groups in total. The van der Waals surface area contributed by atoms with E-state index >= 15 is 0 Å². The lowest BCUT2D eigenvalue weighted by Gasteiger charge is -2.22. The van der Waals surface area contributed by atoms with Gasteiger partial charge in [-0.2, -0.15) is 5.10 Å². The molecule has 0 aliphatic carbocycles. The molecule has 0 fully saturated rings. The molecule has 0 bridgehead atoms. The quantitative estimate of drug-likeness (QED) is 0.341. The van der Waals surface area contributed by atoms with Crippen molar-refractivity contribution in [3.8, 4) is 11.1 Å². The molecule has 1 aliphatic rings. The van der Waals surface area contributed by atoms with E-state index in [2.05, 4.69) is 15.1 Å². The molecule has 5 rings (SSSR count). The van der Waals surface area contributed by atoms with Crippen LogP contribution in [0.5, 0.6) is 0 Å². The number of aromatic amines is 1. The number of fused-ring (bicyclic) bond motifs is 1. The first-order valence-electron chi connectivity index (χ1n) is 11.5. The molecule has 1 amide bonds. The van der Waals surface area contributed by atoms with Crippen LogP contribution in [0.4, 0.5) is 0 Å². The molecule has 8 nitrogen and oxygen atoms in total. The van der Waals surface area contributed by atoms with Gasteiger partial charge < -0.3 is 10.1 Å². The number of hydrogen-bond donors (Lipinski definition) is 2. The van der Waals surface area contributed by atoms with Gasteiger partial charge in [0.2, 0.25) is 5.91 Å². The van der Waals surface area contributed by atoms with Crippen LogP contribution >= 0.6 is 23.2 Å². The second-order valence-corrected chi connectivity index (χ2v) is 9.43. The standard InChI is InChI=1S/C27H20Cl2N4O4/c28-17-7-3-15(4-8-17)21-14-20(32-33(21)22(34)11-12-23(35)36)25-24(16-5-9-18(29)10-6-16)19-2-1-13-30-26(19)31-27(25)37/h1-10,13,21H,11-12,14H2,(H,35,36)(H,30,31,37). The number of aliphatic carboxylic acids is 1. The maximum atomic E-state index is 13.5. The van der Waals surface area contributed by atoms with E-state index in [1.807, 2.05) is 18.2 Å². The molecular formula is C27H20Cl2N4O4. The molecule has 4 aromatic rings. The SMILES string of the molecule is O=C(O)CCC(=O)N1N=C(c2c(-c3ccc(Cl)cc3)c3cccnc3[nH]c2=O)CC1c1ccc(Cl)cc1. The predicted octanol–water partition coefficient (Wildman–Crippen LogP) is 5.44. The fourth-order valence-corrected chi connectivity index (χ4v) is 4.73. The van der Waals surface area contributed by atoms with Crippen molar-refractivity contribution < 1.29 is 14.7 Å². The summed E-state index contributed by atoms with van der Waals surface area (Å²) in [5.41, 5.74) is 2.87. The van der Waals surface area contributed by atoms with Crippen LogP contribution in [0.3, 0.4) is 0 Å². The van der Waals surface area contributed by atoms with Gasteiger partial charge in [-0.1, -0.05) is 47.5 Å². The molecule has 3 heterocycles. The van der Waals surface area contributed by atoms with Crippen molar-refractivity contribution in [1.82, 2.24) is 15.0 Å². The highest BCUT2D eigenvalue weighted by Gasteiger charge is 2.35. The number of rotatable bonds is 6. The number of hydrazone groups is 1. The second-order valence-electron chi connectivity index (χ2n) is 8.56. The van der Waals surface area contributed by atoms with Crippen molar-refractivity contribution in [2.45, 2.75) is 25.3 Å². The number of halogens is 2. The van der Waals surface area contributed by atoms with E-state index in [-0.39, 0.29) is 19.3 Å². The minimum Gasteiger partial charge on any atom is -0.481 e. The van der Waals surface area contributed by atoms with Gasteiger partial charge in [0.05, 0.1) is 23.7 Å². The van der Waals surface area contributed by atoms with Crippen LogP contribution in [-0.2, 0) is 9.59 Å². The number of carbonyl (C=O) groups excluding carboxylic acids is 1. The Balaban J connectivity index is 1.68. The molecule has 1 atom stereocenters. The van der Waals surface area contributed by atoms with E-state index in [1.165, 1.54) is 5.01 Å². The third-order valence-corrected chi connectivity index (χ3v) is 6.68. The Hall–Kier alpha value is -4.01. The van der Waals surface area contributed by atoms with Crippen molar-refractivity contribution in [2.75, 3.05) is 0 Å². The number of nitrogens with one attached hydrogen (secondary N) is 1. The molecule has 0 saturated heterocycles. The summed E-state index contributed by atoms with van der Waals surface area (Å²) >= 11 is 12.2. The van der Waals surface area contributed by atoms with Gasteiger partial charge in [0.25, 0.3) is 5.56 Å². The lowest BCUT2D eigenvalue weighted by molar-refractivity contribution is -0.141. The number of amides is 1. The number of carboxylic acid groups (broad SMARTS) is 1. The summed E-state index contributed by atoms with van der Waals surface area (Å²) in [4.78, 5) is 44.8. The van der Waals surface area contributed by atoms with E-state index in [4.69, 9.17) is 28.3 Å². The number of nitrogens with zero attached hydrogens (tertiary/aromatic N) is 3. The summed E-state index contributed by atoms with van der Waals surface area (Å²) in [5.74, 6) is -1.53. The third-order valence-electron chi connectivity index (χ3n) is 6.18. The van der Waals surface area contributed by atoms with Crippen LogP contribution < -0.4 is 5.56 Å². The predicted molar refractivity (Wildman–Crippen MR) is 142 cm³/mol. The first-order chi connectivity index (χ1) is 17.8. The fourth-order valence-electron chi connectivity index (χ4n) is 4.48. The van der Waals surface area contributed by atoms with Gasteiger partial charge in [0.15, 0.2) is 0 Å². The Morgan fingerprint density at radius 1 is 0.973 bits per heavy atom. The Bertz CT molecular complexity index is 1600. The average molecular weight is 535 g/mol. The molecule has 0 radical (unpaired) electrons. The smallest absolute Gasteiger partial charge is 0.303 e. The van der Waals surface area contributed by atoms with Crippen LogP contribution in [0.25, 0.3) is 22.2 Å². The molecule has 37 heavy (non-hydrogen) atoms. The number of H-pyrrole nitrogens is 1. The third kappa shape index (κ3) is 4.98. The highest BCUT2D eigenvalue weighted by molar-refractivity contribution is 6.31. The normalized spacial score (nSPS) is 15.1.